The lowest BCUT2D eigenvalue weighted by atomic mass is 9.29. The first-order valence-electron chi connectivity index (χ1n) is 18.1. The molecule has 226 valence electrons. The van der Waals surface area contributed by atoms with Crippen LogP contribution >= 0.6 is 0 Å². The SMILES string of the molecule is O=C1c2c3c(cc4c2C2CCC4CC2)N(c2ccccc2)c2cccc4c2B3c2c(cc3c(c21)C1CCC3CC1)N4c1ccccc1. The van der Waals surface area contributed by atoms with Crippen LogP contribution in [0.4, 0.5) is 34.1 Å². The van der Waals surface area contributed by atoms with Crippen molar-refractivity contribution in [1.29, 1.82) is 0 Å². The molecule has 0 radical (unpaired) electrons. The number of anilines is 6. The average molecular weight is 607 g/mol. The third-order valence-electron chi connectivity index (χ3n) is 13.4. The molecule has 2 fully saturated rings. The molecule has 0 unspecified atom stereocenters. The van der Waals surface area contributed by atoms with Gasteiger partial charge in [0.2, 0.25) is 0 Å². The Labute approximate surface area is 276 Å². The standard InChI is InChI=1S/C43H35BN2O/c47-43-38-36-26-18-14-24(15-19-26)30(36)22-34-41(38)44-40-32(45(34)28-8-3-1-4-9-28)12-7-13-33(40)46(29-10-5-2-6-11-29)35-23-31-25-16-20-27(21-17-25)37(31)39(43)42(35)44/h1-13,22-27H,14-21H2. The van der Waals surface area contributed by atoms with Gasteiger partial charge in [-0.15, -0.1) is 0 Å². The van der Waals surface area contributed by atoms with E-state index in [1.54, 1.807) is 0 Å². The maximum absolute atomic E-state index is 15.8. The number of fused-ring (bicyclic) bond motifs is 4. The first kappa shape index (κ1) is 25.5. The van der Waals surface area contributed by atoms with Gasteiger partial charge in [0, 0.05) is 45.3 Å². The van der Waals surface area contributed by atoms with E-state index in [0.29, 0.717) is 29.5 Å². The Morgan fingerprint density at radius 3 is 1.34 bits per heavy atom. The van der Waals surface area contributed by atoms with Gasteiger partial charge >= 0.3 is 0 Å². The molecule has 5 aromatic rings. The van der Waals surface area contributed by atoms with Crippen molar-refractivity contribution < 1.29 is 4.79 Å². The predicted octanol–water partition coefficient (Wildman–Crippen LogP) is 8.82. The second kappa shape index (κ2) is 8.86. The smallest absolute Gasteiger partial charge is 0.254 e. The minimum Gasteiger partial charge on any atom is -0.311 e. The number of hydrogen-bond donors (Lipinski definition) is 0. The Balaban J connectivity index is 1.27. The van der Waals surface area contributed by atoms with Crippen molar-refractivity contribution in [3.8, 4) is 0 Å². The molecular weight excluding hydrogens is 571 g/mol. The van der Waals surface area contributed by atoms with Crippen molar-refractivity contribution in [2.45, 2.75) is 75.0 Å². The number of ketones is 1. The van der Waals surface area contributed by atoms with E-state index in [1.807, 2.05) is 0 Å². The van der Waals surface area contributed by atoms with E-state index in [2.05, 4.69) is 101 Å². The minimum absolute atomic E-state index is 0.0605. The maximum Gasteiger partial charge on any atom is 0.254 e. The van der Waals surface area contributed by atoms with Crippen molar-refractivity contribution >= 4 is 63.0 Å². The molecule has 0 aromatic heterocycles. The van der Waals surface area contributed by atoms with E-state index >= 15 is 4.79 Å². The first-order valence-corrected chi connectivity index (χ1v) is 18.1. The molecule has 0 amide bonds. The molecule has 3 nitrogen and oxygen atoms in total. The second-order valence-electron chi connectivity index (χ2n) is 15.3. The fourth-order valence-corrected chi connectivity index (χ4v) is 11.6. The molecule has 6 aliphatic carbocycles. The van der Waals surface area contributed by atoms with Crippen molar-refractivity contribution in [3.63, 3.8) is 0 Å². The molecule has 4 heteroatoms. The number of para-hydroxylation sites is 2. The summed E-state index contributed by atoms with van der Waals surface area (Å²) in [6.07, 6.45) is 9.92. The van der Waals surface area contributed by atoms with Crippen LogP contribution in [0.2, 0.25) is 0 Å². The number of carbonyl (C=O) groups is 1. The lowest BCUT2D eigenvalue weighted by Crippen LogP contribution is -2.66. The molecule has 4 bridgehead atoms. The van der Waals surface area contributed by atoms with Gasteiger partial charge in [0.25, 0.3) is 6.71 Å². The summed E-state index contributed by atoms with van der Waals surface area (Å²) in [5.74, 6) is 2.47. The predicted molar refractivity (Wildman–Crippen MR) is 192 cm³/mol. The van der Waals surface area contributed by atoms with Crippen LogP contribution in [0.15, 0.2) is 91.0 Å². The Kier molecular flexibility index (Phi) is 4.81. The number of carbonyl (C=O) groups excluding carboxylic acids is 1. The molecule has 2 saturated carbocycles. The van der Waals surface area contributed by atoms with Crippen LogP contribution in [0.25, 0.3) is 0 Å². The van der Waals surface area contributed by atoms with Gasteiger partial charge in [-0.25, -0.2) is 0 Å². The summed E-state index contributed by atoms with van der Waals surface area (Å²) in [7, 11) is 0. The summed E-state index contributed by atoms with van der Waals surface area (Å²) in [6, 6.07) is 33.8. The van der Waals surface area contributed by atoms with E-state index in [0.717, 1.165) is 11.1 Å². The average Bonchev–Trinajstić information content (AvgIpc) is 3.14. The third kappa shape index (κ3) is 3.05. The largest absolute Gasteiger partial charge is 0.311 e. The van der Waals surface area contributed by atoms with Crippen molar-refractivity contribution in [3.05, 3.63) is 124 Å². The normalized spacial score (nSPS) is 24.7. The highest BCUT2D eigenvalue weighted by Crippen LogP contribution is 2.57. The molecule has 3 heterocycles. The summed E-state index contributed by atoms with van der Waals surface area (Å²) < 4.78 is 0. The van der Waals surface area contributed by atoms with E-state index in [1.165, 1.54) is 124 Å². The van der Waals surface area contributed by atoms with Gasteiger partial charge in [-0.05, 0) is 162 Å². The van der Waals surface area contributed by atoms with E-state index in [-0.39, 0.29) is 6.71 Å². The lowest BCUT2D eigenvalue weighted by Gasteiger charge is -2.51. The van der Waals surface area contributed by atoms with Crippen LogP contribution in [-0.4, -0.2) is 12.5 Å². The number of benzene rings is 5. The zero-order valence-electron chi connectivity index (χ0n) is 26.5. The molecule has 0 atom stereocenters. The topological polar surface area (TPSA) is 23.6 Å². The van der Waals surface area contributed by atoms with Crippen LogP contribution in [0.1, 0.15) is 113 Å². The van der Waals surface area contributed by atoms with E-state index in [9.17, 15) is 0 Å². The molecule has 0 spiro atoms. The number of nitrogens with zero attached hydrogens (tertiary/aromatic N) is 2. The molecule has 5 aromatic carbocycles. The molecular formula is C43H35BN2O. The Morgan fingerprint density at radius 1 is 0.468 bits per heavy atom. The Hall–Kier alpha value is -4.57. The van der Waals surface area contributed by atoms with Crippen LogP contribution < -0.4 is 26.2 Å². The molecule has 0 N–H and O–H groups in total. The summed E-state index contributed by atoms with van der Waals surface area (Å²) in [5, 5.41) is 0. The van der Waals surface area contributed by atoms with Gasteiger partial charge in [-0.1, -0.05) is 42.5 Å². The highest BCUT2D eigenvalue weighted by Gasteiger charge is 2.54. The first-order chi connectivity index (χ1) is 23.3. The lowest BCUT2D eigenvalue weighted by molar-refractivity contribution is 0.103. The van der Waals surface area contributed by atoms with Crippen LogP contribution in [-0.2, 0) is 0 Å². The van der Waals surface area contributed by atoms with Gasteiger partial charge < -0.3 is 9.80 Å². The quantitative estimate of drug-likeness (QED) is 0.184. The van der Waals surface area contributed by atoms with Gasteiger partial charge in [-0.2, -0.15) is 0 Å². The number of rotatable bonds is 2. The van der Waals surface area contributed by atoms with Crippen molar-refractivity contribution in [1.82, 2.24) is 0 Å². The van der Waals surface area contributed by atoms with Gasteiger partial charge in [0.05, 0.1) is 0 Å². The molecule has 9 aliphatic rings. The van der Waals surface area contributed by atoms with Crippen molar-refractivity contribution in [2.75, 3.05) is 9.80 Å². The molecule has 14 rings (SSSR count). The number of hydrogen-bond acceptors (Lipinski definition) is 3. The highest BCUT2D eigenvalue weighted by atomic mass is 16.1. The Morgan fingerprint density at radius 2 is 0.894 bits per heavy atom. The van der Waals surface area contributed by atoms with Crippen molar-refractivity contribution in [2.24, 2.45) is 0 Å². The second-order valence-corrected chi connectivity index (χ2v) is 15.3. The summed E-state index contributed by atoms with van der Waals surface area (Å²) in [4.78, 5) is 20.8. The zero-order chi connectivity index (χ0) is 30.5. The summed E-state index contributed by atoms with van der Waals surface area (Å²) in [6.45, 7) is 0.0605. The molecule has 0 saturated heterocycles. The van der Waals surface area contributed by atoms with Gasteiger partial charge in [0.1, 0.15) is 0 Å². The Bertz CT molecular complexity index is 2060. The summed E-state index contributed by atoms with van der Waals surface area (Å²) in [5.41, 5.74) is 19.3. The monoisotopic (exact) mass is 606 g/mol. The zero-order valence-corrected chi connectivity index (χ0v) is 26.5. The third-order valence-corrected chi connectivity index (χ3v) is 13.4. The fourth-order valence-electron chi connectivity index (χ4n) is 11.6. The van der Waals surface area contributed by atoms with Gasteiger partial charge in [0.15, 0.2) is 5.78 Å². The van der Waals surface area contributed by atoms with Crippen LogP contribution in [0, 0.1) is 0 Å². The fraction of sp³-hybridized carbons (Fsp3) is 0.279. The highest BCUT2D eigenvalue weighted by molar-refractivity contribution is 7.02. The minimum atomic E-state index is 0.0605. The van der Waals surface area contributed by atoms with E-state index in [4.69, 9.17) is 0 Å². The van der Waals surface area contributed by atoms with Crippen LogP contribution in [0.5, 0.6) is 0 Å². The summed E-state index contributed by atoms with van der Waals surface area (Å²) >= 11 is 0. The maximum atomic E-state index is 15.8. The van der Waals surface area contributed by atoms with Crippen LogP contribution in [0.3, 0.4) is 0 Å². The molecule has 47 heavy (non-hydrogen) atoms. The van der Waals surface area contributed by atoms with Gasteiger partial charge in [-0.3, -0.25) is 4.79 Å². The molecule has 3 aliphatic heterocycles. The van der Waals surface area contributed by atoms with E-state index < -0.39 is 0 Å².